The third-order valence-corrected chi connectivity index (χ3v) is 7.56. The molecule has 0 radical (unpaired) electrons. The second-order valence-electron chi connectivity index (χ2n) is 8.58. The lowest BCUT2D eigenvalue weighted by molar-refractivity contribution is -0.127. The second kappa shape index (κ2) is 8.69. The van der Waals surface area contributed by atoms with Crippen molar-refractivity contribution >= 4 is 38.9 Å². The van der Waals surface area contributed by atoms with E-state index in [4.69, 9.17) is 21.7 Å². The Morgan fingerprint density at radius 2 is 2.08 bits per heavy atom. The molecule has 36 heavy (non-hydrogen) atoms. The quantitative estimate of drug-likeness (QED) is 0.293. The zero-order chi connectivity index (χ0) is 25.0. The van der Waals surface area contributed by atoms with Gasteiger partial charge in [0.05, 0.1) is 35.7 Å². The molecule has 180 valence electrons. The number of thiophene rings is 1. The number of fused-ring (bicyclic) bond motifs is 2. The topological polar surface area (TPSA) is 68.8 Å². The highest BCUT2D eigenvalue weighted by atomic mass is 35.5. The van der Waals surface area contributed by atoms with E-state index in [1.807, 2.05) is 35.4 Å². The summed E-state index contributed by atoms with van der Waals surface area (Å²) in [6.45, 7) is 5.15. The van der Waals surface area contributed by atoms with E-state index >= 15 is 0 Å². The molecule has 1 amide bonds. The molecule has 0 unspecified atom stereocenters. The summed E-state index contributed by atoms with van der Waals surface area (Å²) in [4.78, 5) is 19.0. The molecule has 0 saturated carbocycles. The van der Waals surface area contributed by atoms with Crippen molar-refractivity contribution in [1.29, 1.82) is 0 Å². The summed E-state index contributed by atoms with van der Waals surface area (Å²) >= 11 is 8.14. The Morgan fingerprint density at radius 3 is 2.83 bits per heavy atom. The van der Waals surface area contributed by atoms with Crippen LogP contribution in [0.5, 0.6) is 0 Å². The van der Waals surface area contributed by atoms with E-state index in [0.717, 1.165) is 32.6 Å². The van der Waals surface area contributed by atoms with Crippen LogP contribution < -0.4 is 0 Å². The van der Waals surface area contributed by atoms with Crippen LogP contribution in [0, 0.1) is 5.82 Å². The Hall–Kier alpha value is -3.82. The zero-order valence-corrected chi connectivity index (χ0v) is 20.9. The molecule has 10 heteroatoms. The summed E-state index contributed by atoms with van der Waals surface area (Å²) in [5.74, 6) is -0.517. The lowest BCUT2D eigenvalue weighted by Crippen LogP contribution is -2.37. The fraction of sp³-hybridized carbons (Fsp3) is 0.154. The van der Waals surface area contributed by atoms with Crippen molar-refractivity contribution in [2.45, 2.75) is 13.1 Å². The summed E-state index contributed by atoms with van der Waals surface area (Å²) < 4.78 is 18.6. The smallest absolute Gasteiger partial charge is 0.246 e. The number of amides is 1. The number of hydrogen-bond acceptors (Lipinski definition) is 5. The van der Waals surface area contributed by atoms with Crippen molar-refractivity contribution < 1.29 is 9.18 Å². The SMILES string of the molecule is C=CC(=O)N1CCn2nc(-c3nc(-c4cnn(C)c4)c4ccsc4c3-c3ccc(F)cc3Cl)cc2C1. The minimum Gasteiger partial charge on any atom is -0.331 e. The van der Waals surface area contributed by atoms with Crippen molar-refractivity contribution in [1.82, 2.24) is 29.4 Å². The van der Waals surface area contributed by atoms with E-state index in [-0.39, 0.29) is 5.91 Å². The molecule has 1 aliphatic rings. The molecule has 0 atom stereocenters. The lowest BCUT2D eigenvalue weighted by Gasteiger charge is -2.26. The monoisotopic (exact) mass is 518 g/mol. The molecule has 1 aromatic carbocycles. The van der Waals surface area contributed by atoms with Crippen LogP contribution in [0.25, 0.3) is 43.9 Å². The van der Waals surface area contributed by atoms with Gasteiger partial charge in [0.25, 0.3) is 0 Å². The van der Waals surface area contributed by atoms with Gasteiger partial charge in [-0.3, -0.25) is 14.2 Å². The summed E-state index contributed by atoms with van der Waals surface area (Å²) in [6.07, 6.45) is 5.03. The highest BCUT2D eigenvalue weighted by Gasteiger charge is 2.26. The first-order chi connectivity index (χ1) is 17.4. The fourth-order valence-electron chi connectivity index (χ4n) is 4.62. The minimum atomic E-state index is -0.405. The fourth-order valence-corrected chi connectivity index (χ4v) is 5.83. The van der Waals surface area contributed by atoms with Gasteiger partial charge in [-0.1, -0.05) is 18.2 Å². The predicted octanol–water partition coefficient (Wildman–Crippen LogP) is 5.55. The molecule has 1 aliphatic heterocycles. The Labute approximate surface area is 215 Å². The molecule has 0 saturated heterocycles. The van der Waals surface area contributed by atoms with Crippen LogP contribution in [0.2, 0.25) is 5.02 Å². The van der Waals surface area contributed by atoms with Gasteiger partial charge in [-0.05, 0) is 41.8 Å². The number of pyridine rings is 1. The molecule has 0 N–H and O–H groups in total. The van der Waals surface area contributed by atoms with Gasteiger partial charge in [-0.25, -0.2) is 9.37 Å². The molecule has 0 bridgehead atoms. The first-order valence-electron chi connectivity index (χ1n) is 11.3. The highest BCUT2D eigenvalue weighted by Crippen LogP contribution is 2.45. The van der Waals surface area contributed by atoms with Gasteiger partial charge < -0.3 is 4.90 Å². The van der Waals surface area contributed by atoms with Gasteiger partial charge in [0.1, 0.15) is 17.2 Å². The molecule has 7 nitrogen and oxygen atoms in total. The maximum absolute atomic E-state index is 14.0. The first kappa shape index (κ1) is 22.6. The molecule has 5 heterocycles. The highest BCUT2D eigenvalue weighted by molar-refractivity contribution is 7.18. The van der Waals surface area contributed by atoms with Crippen LogP contribution in [0.15, 0.2) is 60.8 Å². The summed E-state index contributed by atoms with van der Waals surface area (Å²) in [5, 5.41) is 12.5. The van der Waals surface area contributed by atoms with E-state index in [1.165, 1.54) is 18.2 Å². The van der Waals surface area contributed by atoms with E-state index in [2.05, 4.69) is 11.7 Å². The number of carbonyl (C=O) groups excluding carboxylic acids is 1. The molecule has 0 spiro atoms. The molecular weight excluding hydrogens is 499 g/mol. The van der Waals surface area contributed by atoms with Crippen molar-refractivity contribution in [3.8, 4) is 33.8 Å². The van der Waals surface area contributed by atoms with Crippen molar-refractivity contribution in [2.24, 2.45) is 7.05 Å². The average Bonchev–Trinajstić information content (AvgIpc) is 3.62. The largest absolute Gasteiger partial charge is 0.331 e. The van der Waals surface area contributed by atoms with E-state index in [9.17, 15) is 9.18 Å². The van der Waals surface area contributed by atoms with Gasteiger partial charge in [-0.15, -0.1) is 11.3 Å². The van der Waals surface area contributed by atoms with Crippen LogP contribution in [-0.4, -0.2) is 41.9 Å². The van der Waals surface area contributed by atoms with Crippen molar-refractivity contribution in [2.75, 3.05) is 6.54 Å². The van der Waals surface area contributed by atoms with Crippen LogP contribution in [0.3, 0.4) is 0 Å². The number of benzene rings is 1. The summed E-state index contributed by atoms with van der Waals surface area (Å²) in [7, 11) is 1.86. The van der Waals surface area contributed by atoms with Gasteiger partial charge in [0, 0.05) is 46.6 Å². The van der Waals surface area contributed by atoms with Crippen LogP contribution in [-0.2, 0) is 24.9 Å². The maximum Gasteiger partial charge on any atom is 0.246 e. The van der Waals surface area contributed by atoms with Gasteiger partial charge >= 0.3 is 0 Å². The number of aryl methyl sites for hydroxylation is 1. The van der Waals surface area contributed by atoms with E-state index in [0.29, 0.717) is 41.6 Å². The molecule has 5 aromatic rings. The number of carbonyl (C=O) groups is 1. The number of nitrogens with zero attached hydrogens (tertiary/aromatic N) is 6. The second-order valence-corrected chi connectivity index (χ2v) is 9.91. The average molecular weight is 519 g/mol. The van der Waals surface area contributed by atoms with Gasteiger partial charge in [-0.2, -0.15) is 10.2 Å². The molecule has 4 aromatic heterocycles. The number of hydrogen-bond donors (Lipinski definition) is 0. The van der Waals surface area contributed by atoms with Gasteiger partial charge in [0.2, 0.25) is 5.91 Å². The Kier molecular flexibility index (Phi) is 5.46. The van der Waals surface area contributed by atoms with Crippen molar-refractivity contribution in [3.63, 3.8) is 0 Å². The van der Waals surface area contributed by atoms with Crippen LogP contribution in [0.1, 0.15) is 5.69 Å². The van der Waals surface area contributed by atoms with E-state index in [1.54, 1.807) is 33.2 Å². The number of halogens is 2. The third-order valence-electron chi connectivity index (χ3n) is 6.31. The maximum atomic E-state index is 14.0. The molecule has 0 fully saturated rings. The Balaban J connectivity index is 1.61. The zero-order valence-electron chi connectivity index (χ0n) is 19.3. The van der Waals surface area contributed by atoms with E-state index < -0.39 is 5.82 Å². The van der Waals surface area contributed by atoms with Crippen molar-refractivity contribution in [3.05, 3.63) is 77.3 Å². The summed E-state index contributed by atoms with van der Waals surface area (Å²) in [5.41, 5.74) is 5.34. The first-order valence-corrected chi connectivity index (χ1v) is 12.5. The standard InChI is InChI=1S/C26H20ClFN6OS/c1-3-22(35)33-7-8-34-17(14-33)11-21(31-34)25-23(18-5-4-16(28)10-20(18)27)26-19(6-9-36-26)24(30-25)15-12-29-32(2)13-15/h3-6,9-13H,1,7-8,14H2,2H3. The van der Waals surface area contributed by atoms with Crippen LogP contribution in [0.4, 0.5) is 4.39 Å². The molecule has 6 rings (SSSR count). The predicted molar refractivity (Wildman–Crippen MR) is 139 cm³/mol. The Bertz CT molecular complexity index is 1670. The third kappa shape index (κ3) is 3.71. The van der Waals surface area contributed by atoms with Crippen LogP contribution >= 0.6 is 22.9 Å². The number of aromatic nitrogens is 5. The molecule has 0 aliphatic carbocycles. The minimum absolute atomic E-state index is 0.111. The molecular formula is C26H20ClFN6OS. The Morgan fingerprint density at radius 1 is 1.22 bits per heavy atom. The summed E-state index contributed by atoms with van der Waals surface area (Å²) in [6, 6.07) is 8.37. The number of rotatable bonds is 4. The van der Waals surface area contributed by atoms with Gasteiger partial charge in [0.15, 0.2) is 0 Å². The normalized spacial score (nSPS) is 13.2. The lowest BCUT2D eigenvalue weighted by atomic mass is 9.98.